The zero-order valence-electron chi connectivity index (χ0n) is 17.2. The van der Waals surface area contributed by atoms with Gasteiger partial charge >= 0.3 is 0 Å². The Balaban J connectivity index is 2.51. The molecule has 0 aromatic heterocycles. The van der Waals surface area contributed by atoms with Gasteiger partial charge in [0, 0.05) is 39.1 Å². The summed E-state index contributed by atoms with van der Waals surface area (Å²) in [5.74, 6) is 0.662. The van der Waals surface area contributed by atoms with Gasteiger partial charge in [-0.1, -0.05) is 13.8 Å². The van der Waals surface area contributed by atoms with Crippen molar-refractivity contribution >= 4 is 15.8 Å². The highest BCUT2D eigenvalue weighted by molar-refractivity contribution is 7.92. The van der Waals surface area contributed by atoms with Crippen LogP contribution in [0, 0.1) is 0 Å². The second-order valence-electron chi connectivity index (χ2n) is 7.21. The summed E-state index contributed by atoms with van der Waals surface area (Å²) in [6.07, 6.45) is 4.54. The monoisotopic (exact) mass is 390 g/mol. The maximum Gasteiger partial charge on any atom is 0.191 e. The summed E-state index contributed by atoms with van der Waals surface area (Å²) in [5.41, 5.74) is 0. The first kappa shape index (κ1) is 23.2. The van der Waals surface area contributed by atoms with Gasteiger partial charge in [-0.25, -0.2) is 8.42 Å². The Bertz CT molecular complexity index is 527. The first-order valence-corrected chi connectivity index (χ1v) is 11.6. The lowest BCUT2D eigenvalue weighted by Gasteiger charge is -2.36. The highest BCUT2D eigenvalue weighted by atomic mass is 32.2. The molecule has 8 heteroatoms. The van der Waals surface area contributed by atoms with Crippen LogP contribution in [0.4, 0.5) is 0 Å². The number of nitrogens with one attached hydrogen (secondary N) is 2. The van der Waals surface area contributed by atoms with Gasteiger partial charge in [-0.2, -0.15) is 0 Å². The standard InChI is InChI=1S/C18H38N4O3S/c1-6-22(7-2)12-8-9-16(3)21-17(19-4)20-15-18(26(5,23)24)10-13-25-14-11-18/h16H,6-15H2,1-5H3,(H2,19,20,21). The van der Waals surface area contributed by atoms with Crippen molar-refractivity contribution in [1.29, 1.82) is 0 Å². The number of guanidine groups is 1. The molecule has 26 heavy (non-hydrogen) atoms. The lowest BCUT2D eigenvalue weighted by Crippen LogP contribution is -2.54. The lowest BCUT2D eigenvalue weighted by atomic mass is 9.99. The smallest absolute Gasteiger partial charge is 0.191 e. The molecule has 0 aromatic carbocycles. The predicted molar refractivity (Wildman–Crippen MR) is 109 cm³/mol. The van der Waals surface area contributed by atoms with E-state index in [0.29, 0.717) is 38.6 Å². The van der Waals surface area contributed by atoms with Gasteiger partial charge in [0.2, 0.25) is 0 Å². The van der Waals surface area contributed by atoms with Crippen molar-refractivity contribution in [2.45, 2.75) is 57.2 Å². The van der Waals surface area contributed by atoms with Crippen LogP contribution in [0.25, 0.3) is 0 Å². The van der Waals surface area contributed by atoms with Gasteiger partial charge in [0.15, 0.2) is 15.8 Å². The SMILES string of the molecule is CCN(CC)CCCC(C)NC(=NC)NCC1(S(C)(=O)=O)CCOCC1. The van der Waals surface area contributed by atoms with E-state index in [9.17, 15) is 8.42 Å². The normalized spacial score (nSPS) is 19.4. The molecule has 1 fully saturated rings. The minimum Gasteiger partial charge on any atom is -0.381 e. The fourth-order valence-electron chi connectivity index (χ4n) is 3.33. The molecule has 1 heterocycles. The minimum atomic E-state index is -3.18. The zero-order chi connectivity index (χ0) is 19.6. The van der Waals surface area contributed by atoms with Crippen LogP contribution in [0.2, 0.25) is 0 Å². The molecule has 0 aliphatic carbocycles. The van der Waals surface area contributed by atoms with E-state index in [0.717, 1.165) is 32.5 Å². The molecule has 0 aromatic rings. The zero-order valence-corrected chi connectivity index (χ0v) is 18.0. The van der Waals surface area contributed by atoms with Crippen LogP contribution in [-0.2, 0) is 14.6 Å². The van der Waals surface area contributed by atoms with Gasteiger partial charge in [0.05, 0.1) is 4.75 Å². The molecule has 7 nitrogen and oxygen atoms in total. The molecule has 0 saturated carbocycles. The molecular weight excluding hydrogens is 352 g/mol. The van der Waals surface area contributed by atoms with Crippen molar-refractivity contribution in [2.75, 3.05) is 52.7 Å². The summed E-state index contributed by atoms with van der Waals surface area (Å²) >= 11 is 0. The Morgan fingerprint density at radius 3 is 2.38 bits per heavy atom. The molecule has 1 unspecified atom stereocenters. The van der Waals surface area contributed by atoms with Crippen LogP contribution in [0.5, 0.6) is 0 Å². The number of hydrogen-bond acceptors (Lipinski definition) is 5. The number of sulfone groups is 1. The molecule has 1 aliphatic rings. The molecule has 0 bridgehead atoms. The maximum absolute atomic E-state index is 12.3. The fraction of sp³-hybridized carbons (Fsp3) is 0.944. The van der Waals surface area contributed by atoms with Crippen molar-refractivity contribution in [3.05, 3.63) is 0 Å². The molecule has 1 rings (SSSR count). The fourth-order valence-corrected chi connectivity index (χ4v) is 4.57. The number of hydrogen-bond donors (Lipinski definition) is 2. The van der Waals surface area contributed by atoms with E-state index < -0.39 is 14.6 Å². The van der Waals surface area contributed by atoms with E-state index in [4.69, 9.17) is 4.74 Å². The second kappa shape index (κ2) is 11.1. The number of ether oxygens (including phenoxy) is 1. The predicted octanol–water partition coefficient (Wildman–Crippen LogP) is 1.26. The third kappa shape index (κ3) is 7.04. The van der Waals surface area contributed by atoms with Crippen LogP contribution >= 0.6 is 0 Å². The van der Waals surface area contributed by atoms with Gasteiger partial charge in [-0.15, -0.1) is 0 Å². The molecule has 0 radical (unpaired) electrons. The molecule has 154 valence electrons. The molecule has 1 atom stereocenters. The van der Waals surface area contributed by atoms with E-state index in [1.807, 2.05) is 0 Å². The van der Waals surface area contributed by atoms with Gasteiger partial charge in [0.25, 0.3) is 0 Å². The first-order valence-electron chi connectivity index (χ1n) is 9.75. The average Bonchev–Trinajstić information content (AvgIpc) is 2.62. The molecule has 1 aliphatic heterocycles. The Hall–Kier alpha value is -0.860. The van der Waals surface area contributed by atoms with Crippen LogP contribution < -0.4 is 10.6 Å². The van der Waals surface area contributed by atoms with Crippen molar-refractivity contribution < 1.29 is 13.2 Å². The quantitative estimate of drug-likeness (QED) is 0.432. The Kier molecular flexibility index (Phi) is 9.89. The second-order valence-corrected chi connectivity index (χ2v) is 9.62. The van der Waals surface area contributed by atoms with E-state index in [1.54, 1.807) is 7.05 Å². The summed E-state index contributed by atoms with van der Waals surface area (Å²) in [6, 6.07) is 0.278. The third-order valence-electron chi connectivity index (χ3n) is 5.38. The number of rotatable bonds is 10. The highest BCUT2D eigenvalue weighted by Gasteiger charge is 2.42. The van der Waals surface area contributed by atoms with Crippen molar-refractivity contribution in [3.63, 3.8) is 0 Å². The number of nitrogens with zero attached hydrogens (tertiary/aromatic N) is 2. The van der Waals surface area contributed by atoms with Crippen LogP contribution in [0.1, 0.15) is 46.5 Å². The average molecular weight is 391 g/mol. The maximum atomic E-state index is 12.3. The first-order chi connectivity index (χ1) is 12.3. The Labute approximate surface area is 159 Å². The van der Waals surface area contributed by atoms with E-state index in [-0.39, 0.29) is 6.04 Å². The summed E-state index contributed by atoms with van der Waals surface area (Å²) in [7, 11) is -1.46. The topological polar surface area (TPSA) is 83.0 Å². The summed E-state index contributed by atoms with van der Waals surface area (Å²) in [6.45, 7) is 11.1. The van der Waals surface area contributed by atoms with Crippen LogP contribution in [0.15, 0.2) is 4.99 Å². The number of aliphatic imine (C=N–C) groups is 1. The molecule has 0 amide bonds. The van der Waals surface area contributed by atoms with Crippen molar-refractivity contribution in [2.24, 2.45) is 4.99 Å². The Morgan fingerprint density at radius 2 is 1.88 bits per heavy atom. The van der Waals surface area contributed by atoms with E-state index >= 15 is 0 Å². The summed E-state index contributed by atoms with van der Waals surface area (Å²) in [4.78, 5) is 6.68. The van der Waals surface area contributed by atoms with Gasteiger partial charge in [0.1, 0.15) is 0 Å². The third-order valence-corrected chi connectivity index (χ3v) is 7.51. The molecule has 2 N–H and O–H groups in total. The molecular formula is C18H38N4O3S. The van der Waals surface area contributed by atoms with Crippen LogP contribution in [-0.4, -0.2) is 82.8 Å². The Morgan fingerprint density at radius 1 is 1.27 bits per heavy atom. The summed E-state index contributed by atoms with van der Waals surface area (Å²) in [5, 5.41) is 6.61. The summed E-state index contributed by atoms with van der Waals surface area (Å²) < 4.78 is 29.3. The van der Waals surface area contributed by atoms with Crippen molar-refractivity contribution in [3.8, 4) is 0 Å². The van der Waals surface area contributed by atoms with E-state index in [1.165, 1.54) is 6.26 Å². The van der Waals surface area contributed by atoms with Gasteiger partial charge in [-0.05, 0) is 52.2 Å². The van der Waals surface area contributed by atoms with Crippen molar-refractivity contribution in [1.82, 2.24) is 15.5 Å². The largest absolute Gasteiger partial charge is 0.381 e. The van der Waals surface area contributed by atoms with Gasteiger partial charge in [-0.3, -0.25) is 4.99 Å². The molecule has 1 saturated heterocycles. The van der Waals surface area contributed by atoms with Crippen LogP contribution in [0.3, 0.4) is 0 Å². The van der Waals surface area contributed by atoms with Gasteiger partial charge < -0.3 is 20.3 Å². The minimum absolute atomic E-state index is 0.278. The molecule has 0 spiro atoms. The van der Waals surface area contributed by atoms with E-state index in [2.05, 4.69) is 41.3 Å². The lowest BCUT2D eigenvalue weighted by molar-refractivity contribution is 0.0756. The highest BCUT2D eigenvalue weighted by Crippen LogP contribution is 2.28.